The summed E-state index contributed by atoms with van der Waals surface area (Å²) in [6.07, 6.45) is 3.82. The summed E-state index contributed by atoms with van der Waals surface area (Å²) in [7, 11) is 0. The second kappa shape index (κ2) is 13.4. The van der Waals surface area contributed by atoms with E-state index in [1.54, 1.807) is 0 Å². The summed E-state index contributed by atoms with van der Waals surface area (Å²) in [5.41, 5.74) is 2.85. The number of esters is 1. The van der Waals surface area contributed by atoms with E-state index in [2.05, 4.69) is 13.0 Å². The van der Waals surface area contributed by atoms with Crippen molar-refractivity contribution in [3.8, 4) is 5.75 Å². The first-order valence-corrected chi connectivity index (χ1v) is 13.6. The van der Waals surface area contributed by atoms with E-state index in [0.29, 0.717) is 31.4 Å². The van der Waals surface area contributed by atoms with Gasteiger partial charge in [0, 0.05) is 12.3 Å². The molecule has 1 aromatic carbocycles. The molecule has 8 nitrogen and oxygen atoms in total. The van der Waals surface area contributed by atoms with E-state index in [4.69, 9.17) is 14.6 Å². The van der Waals surface area contributed by atoms with Gasteiger partial charge in [0.1, 0.15) is 11.9 Å². The van der Waals surface area contributed by atoms with Gasteiger partial charge >= 0.3 is 11.9 Å². The van der Waals surface area contributed by atoms with Crippen molar-refractivity contribution in [2.24, 2.45) is 17.8 Å². The number of aliphatic hydroxyl groups excluding tert-OH is 3. The maximum Gasteiger partial charge on any atom is 0.347 e. The van der Waals surface area contributed by atoms with Crippen LogP contribution in [0.1, 0.15) is 63.5 Å². The number of aliphatic carboxylic acids is 1. The van der Waals surface area contributed by atoms with Gasteiger partial charge in [0.25, 0.3) is 0 Å². The van der Waals surface area contributed by atoms with Crippen LogP contribution in [0.5, 0.6) is 5.75 Å². The number of unbranched alkanes of at least 4 members (excludes halogenated alkanes) is 1. The topological polar surface area (TPSA) is 134 Å². The SMILES string of the molecule is CCC(Oc1c(C)cccc1C)C(=O)OC1CC(O)C=C2C=CC(C)C(CCCCC(O)C(O)C(=O)O)C21. The normalized spacial score (nSPS) is 27.0. The van der Waals surface area contributed by atoms with Crippen molar-refractivity contribution < 1.29 is 39.5 Å². The van der Waals surface area contributed by atoms with Crippen LogP contribution in [-0.2, 0) is 14.3 Å². The number of para-hydroxylation sites is 1. The smallest absolute Gasteiger partial charge is 0.347 e. The van der Waals surface area contributed by atoms with Crippen molar-refractivity contribution in [2.75, 3.05) is 0 Å². The maximum absolute atomic E-state index is 13.3. The quantitative estimate of drug-likeness (QED) is 0.236. The van der Waals surface area contributed by atoms with E-state index in [-0.39, 0.29) is 24.2 Å². The molecular weight excluding hydrogens is 488 g/mol. The van der Waals surface area contributed by atoms with Crippen LogP contribution >= 0.6 is 0 Å². The molecule has 0 aliphatic heterocycles. The van der Waals surface area contributed by atoms with E-state index in [9.17, 15) is 24.9 Å². The van der Waals surface area contributed by atoms with E-state index < -0.39 is 42.5 Å². The van der Waals surface area contributed by atoms with Crippen molar-refractivity contribution in [1.82, 2.24) is 0 Å². The lowest BCUT2D eigenvalue weighted by molar-refractivity contribution is -0.163. The summed E-state index contributed by atoms with van der Waals surface area (Å²) < 4.78 is 12.2. The van der Waals surface area contributed by atoms with Gasteiger partial charge in [-0.15, -0.1) is 0 Å². The molecule has 0 saturated carbocycles. The fourth-order valence-electron chi connectivity index (χ4n) is 5.69. The van der Waals surface area contributed by atoms with Crippen LogP contribution in [0.4, 0.5) is 0 Å². The monoisotopic (exact) mass is 530 g/mol. The predicted molar refractivity (Wildman–Crippen MR) is 143 cm³/mol. The largest absolute Gasteiger partial charge is 0.479 e. The lowest BCUT2D eigenvalue weighted by Gasteiger charge is -2.43. The molecule has 0 amide bonds. The molecule has 2 aliphatic carbocycles. The molecule has 0 saturated heterocycles. The molecule has 0 spiro atoms. The Morgan fingerprint density at radius 1 is 1.13 bits per heavy atom. The first kappa shape index (κ1) is 29.9. The van der Waals surface area contributed by atoms with Crippen LogP contribution in [0.15, 0.2) is 42.0 Å². The fraction of sp³-hybridized carbons (Fsp3) is 0.600. The van der Waals surface area contributed by atoms with Gasteiger partial charge in [0.15, 0.2) is 12.2 Å². The zero-order valence-corrected chi connectivity index (χ0v) is 22.7. The number of allylic oxidation sites excluding steroid dienone is 2. The Balaban J connectivity index is 1.70. The average Bonchev–Trinajstić information content (AvgIpc) is 2.86. The van der Waals surface area contributed by atoms with Gasteiger partial charge in [-0.1, -0.05) is 63.1 Å². The zero-order valence-electron chi connectivity index (χ0n) is 22.7. The number of aliphatic hydroxyl groups is 3. The third kappa shape index (κ3) is 7.24. The molecule has 210 valence electrons. The highest BCUT2D eigenvalue weighted by atomic mass is 16.6. The number of hydrogen-bond acceptors (Lipinski definition) is 7. The molecular formula is C30H42O8. The highest BCUT2D eigenvalue weighted by molar-refractivity contribution is 5.75. The van der Waals surface area contributed by atoms with Crippen LogP contribution in [0.25, 0.3) is 0 Å². The van der Waals surface area contributed by atoms with Gasteiger partial charge in [0.2, 0.25) is 0 Å². The third-order valence-corrected chi connectivity index (χ3v) is 7.85. The number of hydrogen-bond donors (Lipinski definition) is 4. The van der Waals surface area contributed by atoms with Crippen LogP contribution < -0.4 is 4.74 Å². The molecule has 4 N–H and O–H groups in total. The van der Waals surface area contributed by atoms with Gasteiger partial charge in [0.05, 0.1) is 12.2 Å². The van der Waals surface area contributed by atoms with E-state index in [1.807, 2.05) is 51.1 Å². The van der Waals surface area contributed by atoms with Crippen molar-refractivity contribution in [3.63, 3.8) is 0 Å². The second-order valence-electron chi connectivity index (χ2n) is 10.7. The summed E-state index contributed by atoms with van der Waals surface area (Å²) >= 11 is 0. The molecule has 2 aliphatic rings. The van der Waals surface area contributed by atoms with Gasteiger partial charge < -0.3 is 29.9 Å². The molecule has 38 heavy (non-hydrogen) atoms. The molecule has 0 aromatic heterocycles. The molecule has 8 atom stereocenters. The van der Waals surface area contributed by atoms with Crippen LogP contribution in [0.3, 0.4) is 0 Å². The number of carbonyl (C=O) groups excluding carboxylic acids is 1. The van der Waals surface area contributed by atoms with Crippen molar-refractivity contribution in [1.29, 1.82) is 0 Å². The average molecular weight is 531 g/mol. The van der Waals surface area contributed by atoms with E-state index in [0.717, 1.165) is 23.1 Å². The number of rotatable bonds is 12. The zero-order chi connectivity index (χ0) is 28.0. The van der Waals surface area contributed by atoms with E-state index in [1.165, 1.54) is 0 Å². The molecule has 1 aromatic rings. The van der Waals surface area contributed by atoms with Crippen LogP contribution in [0.2, 0.25) is 0 Å². The molecule has 0 fully saturated rings. The minimum absolute atomic E-state index is 0.0883. The number of fused-ring (bicyclic) bond motifs is 1. The number of carbonyl (C=O) groups is 2. The molecule has 8 heteroatoms. The predicted octanol–water partition coefficient (Wildman–Crippen LogP) is 3.87. The standard InChI is InChI=1S/C30H42O8/c1-5-24(37-28-18(3)9-8-10-19(28)4)30(36)38-25-16-21(31)15-20-14-13-17(2)22(26(20)25)11-6-7-12-23(32)27(33)29(34)35/h8-10,13-15,17,21-27,31-33H,5-7,11-12,16H2,1-4H3,(H,34,35). The summed E-state index contributed by atoms with van der Waals surface area (Å²) in [4.78, 5) is 24.2. The highest BCUT2D eigenvalue weighted by Crippen LogP contribution is 2.44. The minimum atomic E-state index is -1.79. The fourth-order valence-corrected chi connectivity index (χ4v) is 5.69. The summed E-state index contributed by atoms with van der Waals surface area (Å²) in [6, 6.07) is 5.83. The summed E-state index contributed by atoms with van der Waals surface area (Å²) in [6.45, 7) is 7.88. The maximum atomic E-state index is 13.3. The molecule has 8 unspecified atom stereocenters. The Labute approximate surface area is 225 Å². The number of ether oxygens (including phenoxy) is 2. The Morgan fingerprint density at radius 3 is 2.45 bits per heavy atom. The van der Waals surface area contributed by atoms with Gasteiger partial charge in [-0.25, -0.2) is 9.59 Å². The Morgan fingerprint density at radius 2 is 1.82 bits per heavy atom. The minimum Gasteiger partial charge on any atom is -0.479 e. The number of aryl methyl sites for hydroxylation is 2. The summed E-state index contributed by atoms with van der Waals surface area (Å²) in [5, 5.41) is 38.8. The van der Waals surface area contributed by atoms with Crippen molar-refractivity contribution in [3.05, 3.63) is 53.1 Å². The number of carboxylic acid groups (broad SMARTS) is 1. The second-order valence-corrected chi connectivity index (χ2v) is 10.7. The third-order valence-electron chi connectivity index (χ3n) is 7.85. The molecule has 0 radical (unpaired) electrons. The first-order valence-electron chi connectivity index (χ1n) is 13.6. The number of carboxylic acids is 1. The Kier molecular flexibility index (Phi) is 10.5. The van der Waals surface area contributed by atoms with E-state index >= 15 is 0 Å². The lowest BCUT2D eigenvalue weighted by atomic mass is 9.66. The highest BCUT2D eigenvalue weighted by Gasteiger charge is 2.42. The van der Waals surface area contributed by atoms with Crippen molar-refractivity contribution >= 4 is 11.9 Å². The molecule has 0 heterocycles. The summed E-state index contributed by atoms with van der Waals surface area (Å²) in [5.74, 6) is -0.942. The van der Waals surface area contributed by atoms with Gasteiger partial charge in [-0.2, -0.15) is 0 Å². The van der Waals surface area contributed by atoms with Crippen LogP contribution in [0, 0.1) is 31.6 Å². The molecule has 0 bridgehead atoms. The van der Waals surface area contributed by atoms with Crippen molar-refractivity contribution in [2.45, 2.75) is 96.7 Å². The van der Waals surface area contributed by atoms with Gasteiger partial charge in [-0.3, -0.25) is 0 Å². The van der Waals surface area contributed by atoms with Gasteiger partial charge in [-0.05, 0) is 61.6 Å². The lowest BCUT2D eigenvalue weighted by Crippen LogP contribution is -2.44. The van der Waals surface area contributed by atoms with Crippen LogP contribution in [-0.4, -0.2) is 62.9 Å². The first-order chi connectivity index (χ1) is 18.0. The Hall–Kier alpha value is -2.68. The Bertz CT molecular complexity index is 1010. The number of benzene rings is 1. The molecule has 3 rings (SSSR count).